The number of likely N-dealkylation sites (tertiary alicyclic amines) is 1. The number of hydrogen-bond donors (Lipinski definition) is 2. The molecule has 1 fully saturated rings. The van der Waals surface area contributed by atoms with Gasteiger partial charge in [0.05, 0.1) is 5.41 Å². The molecule has 2 aromatic carbocycles. The van der Waals surface area contributed by atoms with E-state index >= 15 is 0 Å². The Balaban J connectivity index is 0.00000137. The van der Waals surface area contributed by atoms with E-state index in [0.717, 1.165) is 54.5 Å². The fourth-order valence-electron chi connectivity index (χ4n) is 4.67. The van der Waals surface area contributed by atoms with Gasteiger partial charge in [-0.1, -0.05) is 86.1 Å². The van der Waals surface area contributed by atoms with Crippen LogP contribution in [0.3, 0.4) is 0 Å². The minimum Gasteiger partial charge on any atom is -0.483 e. The zero-order valence-corrected chi connectivity index (χ0v) is 22.9. The summed E-state index contributed by atoms with van der Waals surface area (Å²) in [7, 11) is 0. The van der Waals surface area contributed by atoms with E-state index in [4.69, 9.17) is 14.9 Å². The number of halogens is 1. The number of hydrogen-bond acceptors (Lipinski definition) is 3. The smallest absolute Gasteiger partial charge is 0.290 e. The second kappa shape index (κ2) is 13.4. The molecule has 0 aliphatic carbocycles. The third-order valence-electron chi connectivity index (χ3n) is 6.73. The van der Waals surface area contributed by atoms with Crippen LogP contribution in [-0.2, 0) is 16.6 Å². The molecule has 0 radical (unpaired) electrons. The van der Waals surface area contributed by atoms with Gasteiger partial charge in [-0.2, -0.15) is 0 Å². The van der Waals surface area contributed by atoms with Crippen LogP contribution in [0.25, 0.3) is 0 Å². The topological polar surface area (TPSA) is 76.8 Å². The Morgan fingerprint density at radius 2 is 1.83 bits per heavy atom. The number of piperidine rings is 1. The summed E-state index contributed by atoms with van der Waals surface area (Å²) in [4.78, 5) is 15.7. The molecule has 3 rings (SSSR count). The zero-order chi connectivity index (χ0) is 26.0. The van der Waals surface area contributed by atoms with E-state index < -0.39 is 0 Å². The van der Waals surface area contributed by atoms with Crippen molar-refractivity contribution in [2.75, 3.05) is 13.1 Å². The third-order valence-corrected chi connectivity index (χ3v) is 7.22. The van der Waals surface area contributed by atoms with Gasteiger partial charge in [0.15, 0.2) is 0 Å². The van der Waals surface area contributed by atoms with Gasteiger partial charge in [0.25, 0.3) is 6.47 Å². The predicted octanol–water partition coefficient (Wildman–Crippen LogP) is 7.09. The normalized spacial score (nSPS) is 15.3. The molecular weight excluding hydrogens is 502 g/mol. The lowest BCUT2D eigenvalue weighted by molar-refractivity contribution is -0.122. The van der Waals surface area contributed by atoms with Gasteiger partial charge in [-0.05, 0) is 55.4 Å². The number of rotatable bonds is 7. The van der Waals surface area contributed by atoms with Crippen molar-refractivity contribution in [3.8, 4) is 0 Å². The van der Waals surface area contributed by atoms with Crippen LogP contribution in [0.15, 0.2) is 70.3 Å². The van der Waals surface area contributed by atoms with Crippen molar-refractivity contribution in [1.29, 1.82) is 5.41 Å². The van der Waals surface area contributed by atoms with Crippen LogP contribution in [0, 0.1) is 11.3 Å². The maximum absolute atomic E-state index is 9.19. The van der Waals surface area contributed by atoms with Gasteiger partial charge in [-0.25, -0.2) is 4.99 Å². The highest BCUT2D eigenvalue weighted by atomic mass is 79.9. The van der Waals surface area contributed by atoms with Crippen LogP contribution in [0.4, 0.5) is 0 Å². The van der Waals surface area contributed by atoms with Crippen LogP contribution < -0.4 is 0 Å². The number of nitrogens with zero attached hydrogens (tertiary/aromatic N) is 2. The van der Waals surface area contributed by atoms with Crippen LogP contribution >= 0.6 is 15.9 Å². The molecule has 0 spiro atoms. The Morgan fingerprint density at radius 1 is 1.23 bits per heavy atom. The molecule has 188 valence electrons. The minimum atomic E-state index is -0.368. The number of nitrogens with one attached hydrogen (secondary N) is 1. The van der Waals surface area contributed by atoms with Crippen molar-refractivity contribution in [2.45, 2.75) is 58.8 Å². The quantitative estimate of drug-likeness (QED) is 0.224. The molecule has 5 nitrogen and oxygen atoms in total. The van der Waals surface area contributed by atoms with Crippen molar-refractivity contribution >= 4 is 33.9 Å². The molecule has 0 saturated carbocycles. The number of aliphatic imine (C=N–C) groups is 1. The zero-order valence-electron chi connectivity index (χ0n) is 21.4. The number of aryl methyl sites for hydroxylation is 1. The second-order valence-corrected chi connectivity index (χ2v) is 10.2. The van der Waals surface area contributed by atoms with E-state index in [-0.39, 0.29) is 11.9 Å². The number of allylic oxidation sites excluding steroid dienone is 1. The highest BCUT2D eigenvalue weighted by molar-refractivity contribution is 9.10. The number of carbonyl (C=O) groups is 1. The summed E-state index contributed by atoms with van der Waals surface area (Å²) in [5, 5.41) is 16.1. The molecule has 6 heteroatoms. The molecule has 0 aromatic heterocycles. The summed E-state index contributed by atoms with van der Waals surface area (Å²) < 4.78 is 1.05. The second-order valence-electron chi connectivity index (χ2n) is 9.28. The first-order valence-corrected chi connectivity index (χ1v) is 13.0. The number of benzene rings is 2. The summed E-state index contributed by atoms with van der Waals surface area (Å²) in [5.74, 6) is 0.908. The molecule has 0 bridgehead atoms. The third kappa shape index (κ3) is 7.14. The van der Waals surface area contributed by atoms with E-state index in [1.807, 2.05) is 13.0 Å². The monoisotopic (exact) mass is 539 g/mol. The standard InChI is InChI=1S/C28H36BrN3.CH2O2/c1-6-10-23-13-14-25(29)19-26(23)21(4)31-27(30)28(24-11-8-7-9-12-24)15-17-32(18-16-28)22(5)20(2)3;2-1-3/h7-9,11-14,19-20,30H,5-6,10,15-18H2,1-4H3;1H,(H,2,3). The molecule has 35 heavy (non-hydrogen) atoms. The predicted molar refractivity (Wildman–Crippen MR) is 150 cm³/mol. The van der Waals surface area contributed by atoms with Gasteiger partial charge in [0, 0.05) is 34.5 Å². The molecule has 0 amide bonds. The maximum atomic E-state index is 9.19. The Bertz CT molecular complexity index is 1040. The van der Waals surface area contributed by atoms with Crippen LogP contribution in [-0.4, -0.2) is 41.1 Å². The minimum absolute atomic E-state index is 0.250. The lowest BCUT2D eigenvalue weighted by Gasteiger charge is -2.43. The van der Waals surface area contributed by atoms with Gasteiger partial charge in [0.1, 0.15) is 5.84 Å². The Hall–Kier alpha value is -2.73. The molecular formula is C29H38BrN3O2. The average Bonchev–Trinajstić information content (AvgIpc) is 2.85. The van der Waals surface area contributed by atoms with E-state index in [1.54, 1.807) is 0 Å². The van der Waals surface area contributed by atoms with Crippen LogP contribution in [0.5, 0.6) is 0 Å². The largest absolute Gasteiger partial charge is 0.483 e. The molecule has 2 aromatic rings. The molecule has 0 unspecified atom stereocenters. The number of amidine groups is 1. The van der Waals surface area contributed by atoms with E-state index in [1.165, 1.54) is 16.8 Å². The van der Waals surface area contributed by atoms with Gasteiger partial charge in [-0.15, -0.1) is 0 Å². The fourth-order valence-corrected chi connectivity index (χ4v) is 5.03. The number of carboxylic acid groups (broad SMARTS) is 1. The van der Waals surface area contributed by atoms with Gasteiger partial charge < -0.3 is 10.0 Å². The average molecular weight is 541 g/mol. The van der Waals surface area contributed by atoms with Crippen molar-refractivity contribution < 1.29 is 9.90 Å². The molecule has 1 saturated heterocycles. The molecule has 1 aliphatic heterocycles. The van der Waals surface area contributed by atoms with Gasteiger partial charge in [-0.3, -0.25) is 10.2 Å². The first kappa shape index (κ1) is 28.5. The van der Waals surface area contributed by atoms with Crippen LogP contribution in [0.2, 0.25) is 0 Å². The highest BCUT2D eigenvalue weighted by Gasteiger charge is 2.41. The summed E-state index contributed by atoms with van der Waals surface area (Å²) in [6, 6.07) is 16.9. The van der Waals surface area contributed by atoms with E-state index in [0.29, 0.717) is 11.8 Å². The van der Waals surface area contributed by atoms with E-state index in [9.17, 15) is 5.41 Å². The van der Waals surface area contributed by atoms with Crippen molar-refractivity contribution in [2.24, 2.45) is 10.9 Å². The molecule has 2 N–H and O–H groups in total. The summed E-state index contributed by atoms with van der Waals surface area (Å²) in [6.45, 7) is 14.5. The van der Waals surface area contributed by atoms with Crippen molar-refractivity contribution in [3.63, 3.8) is 0 Å². The molecule has 1 heterocycles. The molecule has 1 aliphatic rings. The SMILES string of the molecule is C=C(C(C)C)N1CCC(C(=N)N=C(C)c2cc(Br)ccc2CCC)(c2ccccc2)CC1.O=CO. The van der Waals surface area contributed by atoms with Gasteiger partial charge in [0.2, 0.25) is 0 Å². The fraction of sp³-hybridized carbons (Fsp3) is 0.414. The lowest BCUT2D eigenvalue weighted by atomic mass is 9.71. The highest BCUT2D eigenvalue weighted by Crippen LogP contribution is 2.39. The summed E-state index contributed by atoms with van der Waals surface area (Å²) in [6.07, 6.45) is 3.85. The van der Waals surface area contributed by atoms with Crippen molar-refractivity contribution in [1.82, 2.24) is 4.90 Å². The van der Waals surface area contributed by atoms with Gasteiger partial charge >= 0.3 is 0 Å². The maximum Gasteiger partial charge on any atom is 0.290 e. The Labute approximate surface area is 218 Å². The first-order valence-electron chi connectivity index (χ1n) is 12.2. The Kier molecular flexibility index (Phi) is 10.9. The summed E-state index contributed by atoms with van der Waals surface area (Å²) in [5.41, 5.74) is 5.37. The summed E-state index contributed by atoms with van der Waals surface area (Å²) >= 11 is 3.62. The lowest BCUT2D eigenvalue weighted by Crippen LogP contribution is -2.46. The van der Waals surface area contributed by atoms with Crippen LogP contribution in [0.1, 0.15) is 63.6 Å². The van der Waals surface area contributed by atoms with Crippen molar-refractivity contribution in [3.05, 3.63) is 82.0 Å². The van der Waals surface area contributed by atoms with E-state index in [2.05, 4.69) is 90.6 Å². The Morgan fingerprint density at radius 3 is 2.37 bits per heavy atom. The molecule has 0 atom stereocenters. The first-order chi connectivity index (χ1) is 16.7.